The van der Waals surface area contributed by atoms with Gasteiger partial charge in [-0.3, -0.25) is 4.79 Å². The van der Waals surface area contributed by atoms with Gasteiger partial charge in [0.15, 0.2) is 5.78 Å². The number of hydrogen-bond donors (Lipinski definition) is 0. The Hall–Kier alpha value is -0.271. The molecule has 0 N–H and O–H groups in total. The van der Waals surface area contributed by atoms with Gasteiger partial charge in [0.1, 0.15) is 0 Å². The molecule has 3 heteroatoms. The first-order chi connectivity index (χ1) is 3.13. The maximum Gasteiger partial charge on any atom is 2.00 e. The first-order valence-electron chi connectivity index (χ1n) is 1.99. The smallest absolute Gasteiger partial charge is 0.876 e. The first-order valence-corrected chi connectivity index (χ1v) is 1.99. The van der Waals surface area contributed by atoms with E-state index in [9.17, 15) is 9.90 Å². The van der Waals surface area contributed by atoms with Crippen LogP contribution < -0.4 is 5.11 Å². The van der Waals surface area contributed by atoms with Gasteiger partial charge in [0, 0.05) is 0 Å². The zero-order chi connectivity index (χ0) is 5.86. The van der Waals surface area contributed by atoms with Gasteiger partial charge < -0.3 is 5.11 Å². The fraction of sp³-hybridized carbons (Fsp3) is 0.400. The second kappa shape index (κ2) is 4.88. The normalized spacial score (nSPS) is 10.0. The molecule has 0 aromatic carbocycles. The molecule has 0 spiro atoms. The van der Waals surface area contributed by atoms with Crippen molar-refractivity contribution in [3.05, 3.63) is 11.8 Å². The van der Waals surface area contributed by atoms with Crippen LogP contribution in [-0.2, 0) is 21.9 Å². The predicted molar refractivity (Wildman–Crippen MR) is 24.4 cm³/mol. The molecule has 0 aliphatic rings. The third kappa shape index (κ3) is 9.21. The van der Waals surface area contributed by atoms with Crippen molar-refractivity contribution in [1.29, 1.82) is 0 Å². The van der Waals surface area contributed by atoms with Gasteiger partial charge in [-0.25, -0.2) is 0 Å². The zero-order valence-electron chi connectivity index (χ0n) is 4.70. The summed E-state index contributed by atoms with van der Waals surface area (Å²) in [5, 5.41) is 9.98. The summed E-state index contributed by atoms with van der Waals surface area (Å²) in [7, 11) is 0. The van der Waals surface area contributed by atoms with E-state index in [2.05, 4.69) is 0 Å². The van der Waals surface area contributed by atoms with Crippen LogP contribution in [0, 0.1) is 0 Å². The van der Waals surface area contributed by atoms with E-state index in [0.717, 1.165) is 6.08 Å². The number of ketones is 1. The van der Waals surface area contributed by atoms with Gasteiger partial charge in [-0.05, 0) is 13.0 Å². The van der Waals surface area contributed by atoms with Crippen LogP contribution in [0.2, 0.25) is 0 Å². The molecule has 0 aromatic heterocycles. The molecule has 0 amide bonds. The minimum Gasteiger partial charge on any atom is -0.876 e. The molecule has 0 fully saturated rings. The SMILES string of the molecule is CC(=O)/C=C(/C)[O-].[Cu+2]. The number of rotatable bonds is 1. The van der Waals surface area contributed by atoms with E-state index in [1.165, 1.54) is 13.8 Å². The maximum absolute atomic E-state index is 9.98. The average Bonchev–Trinajstić information content (AvgIpc) is 1.27. The molecule has 0 aliphatic heterocycles. The summed E-state index contributed by atoms with van der Waals surface area (Å²) in [4.78, 5) is 9.98. The fourth-order valence-corrected chi connectivity index (χ4v) is 0.286. The first kappa shape index (κ1) is 10.7. The van der Waals surface area contributed by atoms with Crippen molar-refractivity contribution in [2.24, 2.45) is 0 Å². The van der Waals surface area contributed by atoms with Gasteiger partial charge in [-0.1, -0.05) is 6.92 Å². The number of carbonyl (C=O) groups is 1. The van der Waals surface area contributed by atoms with E-state index in [0.29, 0.717) is 0 Å². The molecule has 0 aromatic rings. The van der Waals surface area contributed by atoms with Crippen LogP contribution in [0.3, 0.4) is 0 Å². The van der Waals surface area contributed by atoms with Gasteiger partial charge >= 0.3 is 17.1 Å². The van der Waals surface area contributed by atoms with Crippen molar-refractivity contribution in [2.45, 2.75) is 13.8 Å². The molecule has 0 aliphatic carbocycles. The van der Waals surface area contributed by atoms with E-state index in [-0.39, 0.29) is 28.6 Å². The molecule has 0 unspecified atom stereocenters. The van der Waals surface area contributed by atoms with E-state index < -0.39 is 0 Å². The van der Waals surface area contributed by atoms with E-state index >= 15 is 0 Å². The molecule has 0 rings (SSSR count). The van der Waals surface area contributed by atoms with Crippen molar-refractivity contribution in [3.8, 4) is 0 Å². The largest absolute Gasteiger partial charge is 2.00 e. The number of allylic oxidation sites excluding steroid dienone is 2. The van der Waals surface area contributed by atoms with Crippen molar-refractivity contribution in [2.75, 3.05) is 0 Å². The van der Waals surface area contributed by atoms with Crippen LogP contribution in [0.1, 0.15) is 13.8 Å². The Morgan fingerprint density at radius 2 is 1.88 bits per heavy atom. The summed E-state index contributed by atoms with van der Waals surface area (Å²) < 4.78 is 0. The van der Waals surface area contributed by atoms with Crippen LogP contribution in [0.5, 0.6) is 0 Å². The molecule has 8 heavy (non-hydrogen) atoms. The van der Waals surface area contributed by atoms with Gasteiger partial charge in [-0.2, -0.15) is 0 Å². The minimum atomic E-state index is -0.187. The fourth-order valence-electron chi connectivity index (χ4n) is 0.286. The molecule has 49 valence electrons. The van der Waals surface area contributed by atoms with Crippen LogP contribution in [-0.4, -0.2) is 5.78 Å². The predicted octanol–water partition coefficient (Wildman–Crippen LogP) is -0.163. The van der Waals surface area contributed by atoms with E-state index in [1.807, 2.05) is 0 Å². The Morgan fingerprint density at radius 1 is 1.50 bits per heavy atom. The summed E-state index contributed by atoms with van der Waals surface area (Å²) >= 11 is 0. The summed E-state index contributed by atoms with van der Waals surface area (Å²) in [5.74, 6) is -0.375. The van der Waals surface area contributed by atoms with Gasteiger partial charge in [0.2, 0.25) is 0 Å². The van der Waals surface area contributed by atoms with Gasteiger partial charge in [0.25, 0.3) is 0 Å². The Morgan fingerprint density at radius 3 is 1.88 bits per heavy atom. The minimum absolute atomic E-state index is 0. The van der Waals surface area contributed by atoms with Crippen LogP contribution in [0.25, 0.3) is 0 Å². The van der Waals surface area contributed by atoms with Crippen molar-refractivity contribution < 1.29 is 27.0 Å². The molecule has 0 saturated heterocycles. The Kier molecular flexibility index (Phi) is 6.50. The van der Waals surface area contributed by atoms with Gasteiger partial charge in [-0.15, -0.1) is 5.76 Å². The van der Waals surface area contributed by atoms with Crippen LogP contribution in [0.15, 0.2) is 11.8 Å². The second-order valence-corrected chi connectivity index (χ2v) is 1.37. The average molecular weight is 163 g/mol. The molecule has 2 nitrogen and oxygen atoms in total. The molecular weight excluding hydrogens is 156 g/mol. The van der Waals surface area contributed by atoms with Crippen molar-refractivity contribution in [1.82, 2.24) is 0 Å². The van der Waals surface area contributed by atoms with Crippen LogP contribution >= 0.6 is 0 Å². The van der Waals surface area contributed by atoms with Gasteiger partial charge in [0.05, 0.1) is 0 Å². The number of carbonyl (C=O) groups excluding carboxylic acids is 1. The Balaban J connectivity index is 0. The monoisotopic (exact) mass is 162 g/mol. The van der Waals surface area contributed by atoms with E-state index in [4.69, 9.17) is 0 Å². The molecular formula is C5H7CuO2+. The Labute approximate surface area is 59.1 Å². The summed E-state index contributed by atoms with van der Waals surface area (Å²) in [6, 6.07) is 0. The molecule has 1 radical (unpaired) electrons. The second-order valence-electron chi connectivity index (χ2n) is 1.37. The quantitative estimate of drug-likeness (QED) is 0.305. The maximum atomic E-state index is 9.98. The summed E-state index contributed by atoms with van der Waals surface area (Å²) in [6.07, 6.45) is 1.06. The zero-order valence-corrected chi connectivity index (χ0v) is 5.64. The van der Waals surface area contributed by atoms with Crippen LogP contribution in [0.4, 0.5) is 0 Å². The molecule has 0 atom stereocenters. The molecule has 0 heterocycles. The summed E-state index contributed by atoms with van der Waals surface area (Å²) in [6.45, 7) is 2.70. The third-order valence-corrected chi connectivity index (χ3v) is 0.407. The molecule has 0 saturated carbocycles. The van der Waals surface area contributed by atoms with E-state index in [1.54, 1.807) is 0 Å². The van der Waals surface area contributed by atoms with Crippen molar-refractivity contribution in [3.63, 3.8) is 0 Å². The topological polar surface area (TPSA) is 40.1 Å². The Bertz CT molecular complexity index is 103. The third-order valence-electron chi connectivity index (χ3n) is 0.407. The number of hydrogen-bond acceptors (Lipinski definition) is 2. The standard InChI is InChI=1S/C5H8O2.Cu/c1-4(6)3-5(2)7;/h3,6H,1-2H3;/q;+2/p-1/b4-3-;. The van der Waals surface area contributed by atoms with Crippen molar-refractivity contribution >= 4 is 5.78 Å². The molecule has 0 bridgehead atoms. The summed E-state index contributed by atoms with van der Waals surface area (Å²) in [5.41, 5.74) is 0.